The van der Waals surface area contributed by atoms with Gasteiger partial charge in [0.05, 0.1) is 6.61 Å². The molecule has 1 nitrogen and oxygen atoms in total. The molecule has 2 atom stereocenters. The summed E-state index contributed by atoms with van der Waals surface area (Å²) in [6, 6.07) is 0. The van der Waals surface area contributed by atoms with Crippen molar-refractivity contribution in [2.45, 2.75) is 251 Å². The highest BCUT2D eigenvalue weighted by molar-refractivity contribution is 5.11. The second kappa shape index (κ2) is 39.2. The topological polar surface area (TPSA) is 20.2 Å². The Kier molecular flexibility index (Phi) is 37.7. The molecule has 0 fully saturated rings. The standard InChI is InChI=1S/C60H104O/c1-49(2)25-14-26-50(3)27-15-28-51(4)29-16-30-52(5)31-17-32-53(6)33-18-34-54(7)35-19-36-55(8)37-20-38-56(9)39-21-40-57(10)41-22-42-58(11)43-23-44-59(12)45-24-46-60(13)47-48-61/h31,33,35,37,39,41,43,45,47,49-51,61H,14-30,32,34,36,38,40,42,44,46,48H2,1-13H3/b52-31+,53-33+,54-35+,55-37+,56-39+,57-41+,58-43+,59-45+,60-47+. The van der Waals surface area contributed by atoms with Crippen molar-refractivity contribution in [3.05, 3.63) is 105 Å². The maximum atomic E-state index is 9.00. The second-order valence-corrected chi connectivity index (χ2v) is 20.3. The third-order valence-corrected chi connectivity index (χ3v) is 12.8. The van der Waals surface area contributed by atoms with Crippen LogP contribution in [-0.4, -0.2) is 11.7 Å². The van der Waals surface area contributed by atoms with Gasteiger partial charge >= 0.3 is 0 Å². The first-order valence-electron chi connectivity index (χ1n) is 25.6. The van der Waals surface area contributed by atoms with Crippen LogP contribution in [-0.2, 0) is 0 Å². The van der Waals surface area contributed by atoms with Crippen LogP contribution in [0.1, 0.15) is 251 Å². The highest BCUT2D eigenvalue weighted by Crippen LogP contribution is 2.23. The van der Waals surface area contributed by atoms with Crippen LogP contribution in [0.15, 0.2) is 105 Å². The predicted octanol–water partition coefficient (Wildman–Crippen LogP) is 20.2. The Bertz CT molecular complexity index is 1390. The lowest BCUT2D eigenvalue weighted by Gasteiger charge is -2.15. The van der Waals surface area contributed by atoms with Gasteiger partial charge in [-0.1, -0.05) is 177 Å². The van der Waals surface area contributed by atoms with Crippen LogP contribution in [0.5, 0.6) is 0 Å². The summed E-state index contributed by atoms with van der Waals surface area (Å²) in [6.45, 7) is 30.3. The molecule has 2 unspecified atom stereocenters. The van der Waals surface area contributed by atoms with Crippen molar-refractivity contribution in [3.63, 3.8) is 0 Å². The van der Waals surface area contributed by atoms with Crippen molar-refractivity contribution in [1.82, 2.24) is 0 Å². The lowest BCUT2D eigenvalue weighted by molar-refractivity contribution is 0.341. The van der Waals surface area contributed by atoms with Gasteiger partial charge in [-0.15, -0.1) is 0 Å². The molecule has 0 aromatic heterocycles. The highest BCUT2D eigenvalue weighted by Gasteiger charge is 2.07. The molecule has 0 spiro atoms. The summed E-state index contributed by atoms with van der Waals surface area (Å²) in [5.41, 5.74) is 13.5. The Labute approximate surface area is 383 Å². The number of aliphatic hydroxyl groups excluding tert-OH is 1. The Morgan fingerprint density at radius 3 is 0.754 bits per heavy atom. The van der Waals surface area contributed by atoms with Crippen molar-refractivity contribution in [3.8, 4) is 0 Å². The maximum absolute atomic E-state index is 9.00. The molecule has 0 aliphatic rings. The molecule has 0 aliphatic carbocycles. The van der Waals surface area contributed by atoms with Crippen LogP contribution in [0.3, 0.4) is 0 Å². The molecule has 0 heterocycles. The maximum Gasteiger partial charge on any atom is 0.0614 e. The number of aliphatic hydroxyl groups is 1. The average Bonchev–Trinajstić information content (AvgIpc) is 3.18. The SMILES string of the molecule is C/C(=C\CO)CC/C=C(\C)CC/C=C(\C)CC/C=C(\C)CC/C=C(\C)CC/C=C(\C)CC/C=C(\C)CC/C=C(\C)CC/C=C(\C)CCCC(C)CCCC(C)CCCC(C)C. The van der Waals surface area contributed by atoms with Gasteiger partial charge in [-0.3, -0.25) is 0 Å². The van der Waals surface area contributed by atoms with Crippen molar-refractivity contribution >= 4 is 0 Å². The summed E-state index contributed by atoms with van der Waals surface area (Å²) < 4.78 is 0. The molecular weight excluding hydrogens is 737 g/mol. The van der Waals surface area contributed by atoms with Crippen molar-refractivity contribution in [2.75, 3.05) is 6.61 Å². The largest absolute Gasteiger partial charge is 0.392 e. The van der Waals surface area contributed by atoms with E-state index in [0.29, 0.717) is 0 Å². The summed E-state index contributed by atoms with van der Waals surface area (Å²) >= 11 is 0. The summed E-state index contributed by atoms with van der Waals surface area (Å²) in [5, 5.41) is 9.00. The van der Waals surface area contributed by atoms with E-state index in [1.165, 1.54) is 142 Å². The molecule has 0 aromatic carbocycles. The molecule has 350 valence electrons. The Balaban J connectivity index is 4.19. The quantitative estimate of drug-likeness (QED) is 0.0618. The van der Waals surface area contributed by atoms with E-state index in [9.17, 15) is 0 Å². The van der Waals surface area contributed by atoms with E-state index in [1.54, 1.807) is 11.1 Å². The van der Waals surface area contributed by atoms with Crippen molar-refractivity contribution < 1.29 is 5.11 Å². The highest BCUT2D eigenvalue weighted by atomic mass is 16.2. The second-order valence-electron chi connectivity index (χ2n) is 20.3. The van der Waals surface area contributed by atoms with Crippen LogP contribution >= 0.6 is 0 Å². The molecule has 0 aromatic rings. The van der Waals surface area contributed by atoms with Gasteiger partial charge in [0.2, 0.25) is 0 Å². The molecule has 1 heteroatoms. The molecule has 0 bridgehead atoms. The first-order valence-corrected chi connectivity index (χ1v) is 25.6. The molecular formula is C60H104O. The van der Waals surface area contributed by atoms with E-state index in [0.717, 1.165) is 75.5 Å². The molecule has 61 heavy (non-hydrogen) atoms. The van der Waals surface area contributed by atoms with Crippen LogP contribution < -0.4 is 0 Å². The van der Waals surface area contributed by atoms with Gasteiger partial charge in [0.1, 0.15) is 0 Å². The number of hydrogen-bond donors (Lipinski definition) is 1. The molecule has 0 saturated carbocycles. The fraction of sp³-hybridized carbons (Fsp3) is 0.700. The van der Waals surface area contributed by atoms with Crippen LogP contribution in [0.4, 0.5) is 0 Å². The molecule has 0 aliphatic heterocycles. The van der Waals surface area contributed by atoms with E-state index in [1.807, 2.05) is 6.08 Å². The zero-order chi connectivity index (χ0) is 45.7. The zero-order valence-electron chi connectivity index (χ0n) is 43.3. The van der Waals surface area contributed by atoms with E-state index in [2.05, 4.69) is 139 Å². The Morgan fingerprint density at radius 2 is 0.508 bits per heavy atom. The minimum Gasteiger partial charge on any atom is -0.392 e. The monoisotopic (exact) mass is 841 g/mol. The van der Waals surface area contributed by atoms with E-state index < -0.39 is 0 Å². The van der Waals surface area contributed by atoms with E-state index in [4.69, 9.17) is 5.11 Å². The Morgan fingerprint density at radius 1 is 0.295 bits per heavy atom. The number of allylic oxidation sites excluding steroid dienone is 17. The van der Waals surface area contributed by atoms with Crippen molar-refractivity contribution in [1.29, 1.82) is 0 Å². The van der Waals surface area contributed by atoms with Crippen LogP contribution in [0.2, 0.25) is 0 Å². The molecule has 0 saturated heterocycles. The minimum absolute atomic E-state index is 0.150. The smallest absolute Gasteiger partial charge is 0.0614 e. The van der Waals surface area contributed by atoms with Crippen LogP contribution in [0, 0.1) is 17.8 Å². The van der Waals surface area contributed by atoms with Gasteiger partial charge in [-0.2, -0.15) is 0 Å². The van der Waals surface area contributed by atoms with E-state index in [-0.39, 0.29) is 6.61 Å². The van der Waals surface area contributed by atoms with Gasteiger partial charge in [0.25, 0.3) is 0 Å². The minimum atomic E-state index is 0.150. The van der Waals surface area contributed by atoms with Crippen molar-refractivity contribution in [2.24, 2.45) is 17.8 Å². The lowest BCUT2D eigenvalue weighted by atomic mass is 9.91. The van der Waals surface area contributed by atoms with Gasteiger partial charge in [0, 0.05) is 0 Å². The summed E-state index contributed by atoms with van der Waals surface area (Å²) in [7, 11) is 0. The normalized spacial score (nSPS) is 15.7. The molecule has 0 rings (SSSR count). The predicted molar refractivity (Wildman–Crippen MR) is 279 cm³/mol. The summed E-state index contributed by atoms with van der Waals surface area (Å²) in [6.07, 6.45) is 52.5. The van der Waals surface area contributed by atoms with Gasteiger partial charge in [-0.05, 0) is 196 Å². The molecule has 0 radical (unpaired) electrons. The average molecular weight is 841 g/mol. The zero-order valence-corrected chi connectivity index (χ0v) is 43.3. The Hall–Kier alpha value is -2.38. The molecule has 1 N–H and O–H groups in total. The molecule has 0 amide bonds. The fourth-order valence-electron chi connectivity index (χ4n) is 8.15. The van der Waals surface area contributed by atoms with Gasteiger partial charge in [0.15, 0.2) is 0 Å². The van der Waals surface area contributed by atoms with E-state index >= 15 is 0 Å². The number of hydrogen-bond acceptors (Lipinski definition) is 1. The first kappa shape index (κ1) is 58.6. The van der Waals surface area contributed by atoms with Crippen LogP contribution in [0.25, 0.3) is 0 Å². The third kappa shape index (κ3) is 40.2. The first-order chi connectivity index (χ1) is 29.1. The number of rotatable bonds is 37. The van der Waals surface area contributed by atoms with Gasteiger partial charge in [-0.25, -0.2) is 0 Å². The summed E-state index contributed by atoms with van der Waals surface area (Å²) in [4.78, 5) is 0. The fourth-order valence-corrected chi connectivity index (χ4v) is 8.15. The lowest BCUT2D eigenvalue weighted by Crippen LogP contribution is -2.00. The summed E-state index contributed by atoms with van der Waals surface area (Å²) in [5.74, 6) is 2.64. The third-order valence-electron chi connectivity index (χ3n) is 12.8. The van der Waals surface area contributed by atoms with Gasteiger partial charge < -0.3 is 5.11 Å².